The van der Waals surface area contributed by atoms with E-state index in [1.165, 1.54) is 23.9 Å². The summed E-state index contributed by atoms with van der Waals surface area (Å²) in [5, 5.41) is 8.21. The van der Waals surface area contributed by atoms with E-state index in [2.05, 4.69) is 10.3 Å². The monoisotopic (exact) mass is 503 g/mol. The summed E-state index contributed by atoms with van der Waals surface area (Å²) >= 11 is 7.80. The maximum Gasteiger partial charge on any atom is 0.409 e. The number of piperazine rings is 1. The van der Waals surface area contributed by atoms with E-state index in [1.54, 1.807) is 17.9 Å². The average Bonchev–Trinajstić information content (AvgIpc) is 3.13. The number of aromatic nitrogens is 1. The first-order valence-corrected chi connectivity index (χ1v) is 13.0. The second kappa shape index (κ2) is 10.1. The summed E-state index contributed by atoms with van der Waals surface area (Å²) in [4.78, 5) is 31.9. The Balaban J connectivity index is 1.49. The lowest BCUT2D eigenvalue weighted by atomic mass is 10.3. The van der Waals surface area contributed by atoms with Gasteiger partial charge < -0.3 is 19.9 Å². The van der Waals surface area contributed by atoms with Gasteiger partial charge in [-0.15, -0.1) is 0 Å². The Bertz CT molecular complexity index is 1100. The van der Waals surface area contributed by atoms with Crippen LogP contribution >= 0.6 is 35.3 Å². The minimum Gasteiger partial charge on any atom is -0.450 e. The van der Waals surface area contributed by atoms with Gasteiger partial charge in [0, 0.05) is 26.2 Å². The number of hydrogen-bond donors (Lipinski definition) is 2. The number of nitrogens with two attached hydrogens (primary N) is 1. The van der Waals surface area contributed by atoms with Gasteiger partial charge in [0.1, 0.15) is 4.32 Å². The van der Waals surface area contributed by atoms with Crippen LogP contribution < -0.4 is 10.5 Å². The van der Waals surface area contributed by atoms with Gasteiger partial charge in [-0.1, -0.05) is 35.3 Å². The zero-order chi connectivity index (χ0) is 22.6. The second-order valence-electron chi connectivity index (χ2n) is 6.47. The fourth-order valence-electron chi connectivity index (χ4n) is 2.80. The van der Waals surface area contributed by atoms with Crippen molar-refractivity contribution >= 4 is 77.0 Å². The third-order valence-electron chi connectivity index (χ3n) is 4.33. The Labute approximate surface area is 193 Å². The predicted octanol–water partition coefficient (Wildman–Crippen LogP) is 1.67. The fraction of sp³-hybridized carbons (Fsp3) is 0.412. The van der Waals surface area contributed by atoms with Crippen molar-refractivity contribution in [2.24, 2.45) is 5.14 Å². The van der Waals surface area contributed by atoms with Crippen LogP contribution in [0.25, 0.3) is 10.2 Å². The summed E-state index contributed by atoms with van der Waals surface area (Å²) < 4.78 is 29.1. The van der Waals surface area contributed by atoms with Crippen molar-refractivity contribution in [2.75, 3.05) is 43.9 Å². The third kappa shape index (κ3) is 6.26. The number of hydrogen-bond acceptors (Lipinski definition) is 9. The minimum atomic E-state index is -3.81. The van der Waals surface area contributed by atoms with Crippen LogP contribution in [0.3, 0.4) is 0 Å². The Morgan fingerprint density at radius 1 is 1.29 bits per heavy atom. The van der Waals surface area contributed by atoms with Gasteiger partial charge >= 0.3 is 6.09 Å². The molecule has 1 aliphatic rings. The van der Waals surface area contributed by atoms with E-state index in [1.807, 2.05) is 4.90 Å². The number of benzene rings is 1. The number of nitrogens with zero attached hydrogens (tertiary/aromatic N) is 3. The van der Waals surface area contributed by atoms with E-state index in [4.69, 9.17) is 22.1 Å². The van der Waals surface area contributed by atoms with E-state index in [9.17, 15) is 18.0 Å². The van der Waals surface area contributed by atoms with Crippen molar-refractivity contribution in [3.63, 3.8) is 0 Å². The quantitative estimate of drug-likeness (QED) is 0.584. The number of ether oxygens (including phenoxy) is 1. The number of nitrogens with one attached hydrogen (secondary N) is 1. The highest BCUT2D eigenvalue weighted by atomic mass is 32.2. The maximum absolute atomic E-state index is 12.3. The molecule has 3 N–H and O–H groups in total. The van der Waals surface area contributed by atoms with Crippen molar-refractivity contribution in [1.82, 2.24) is 14.8 Å². The van der Waals surface area contributed by atoms with Crippen LogP contribution in [0.4, 0.5) is 9.93 Å². The van der Waals surface area contributed by atoms with Gasteiger partial charge in [-0.25, -0.2) is 23.3 Å². The summed E-state index contributed by atoms with van der Waals surface area (Å²) in [7, 11) is -3.81. The maximum atomic E-state index is 12.3. The number of anilines is 1. The third-order valence-corrected chi connectivity index (χ3v) is 7.69. The van der Waals surface area contributed by atoms with Crippen LogP contribution in [0.1, 0.15) is 6.92 Å². The zero-order valence-electron chi connectivity index (χ0n) is 16.6. The molecule has 1 aliphatic heterocycles. The Morgan fingerprint density at radius 2 is 1.97 bits per heavy atom. The topological polar surface area (TPSA) is 135 Å². The first-order valence-electron chi connectivity index (χ1n) is 9.24. The van der Waals surface area contributed by atoms with Gasteiger partial charge in [0.2, 0.25) is 15.9 Å². The number of fused-ring (bicyclic) bond motifs is 1. The molecule has 10 nitrogen and oxygen atoms in total. The Morgan fingerprint density at radius 3 is 2.61 bits per heavy atom. The molecule has 1 saturated heterocycles. The van der Waals surface area contributed by atoms with Gasteiger partial charge in [0.25, 0.3) is 0 Å². The van der Waals surface area contributed by atoms with E-state index in [0.717, 1.165) is 11.3 Å². The molecule has 0 saturated carbocycles. The summed E-state index contributed by atoms with van der Waals surface area (Å²) in [6.45, 7) is 4.29. The summed E-state index contributed by atoms with van der Waals surface area (Å²) in [5.41, 5.74) is 0.565. The van der Waals surface area contributed by atoms with E-state index < -0.39 is 10.0 Å². The van der Waals surface area contributed by atoms with Crippen molar-refractivity contribution < 1.29 is 22.7 Å². The van der Waals surface area contributed by atoms with Crippen molar-refractivity contribution in [3.8, 4) is 0 Å². The van der Waals surface area contributed by atoms with Crippen LogP contribution in [0.5, 0.6) is 0 Å². The standard InChI is InChI=1S/C17H21N5O5S4/c1-2-27-16(24)21-5-7-22(8-6-21)17(28)29-10-14(23)20-15-19-12-4-3-11(31(18,25)26)9-13(12)30-15/h3-4,9H,2,5-8,10H2,1H3,(H2,18,25,26)(H,19,20,23). The Kier molecular flexibility index (Phi) is 7.69. The largest absolute Gasteiger partial charge is 0.450 e. The van der Waals surface area contributed by atoms with Crippen molar-refractivity contribution in [1.29, 1.82) is 0 Å². The number of carbonyl (C=O) groups is 2. The second-order valence-corrected chi connectivity index (χ2v) is 10.7. The van der Waals surface area contributed by atoms with Crippen molar-refractivity contribution in [3.05, 3.63) is 18.2 Å². The first-order chi connectivity index (χ1) is 14.7. The van der Waals surface area contributed by atoms with Gasteiger partial charge in [0.15, 0.2) is 5.13 Å². The molecule has 1 fully saturated rings. The smallest absolute Gasteiger partial charge is 0.409 e. The van der Waals surface area contributed by atoms with Gasteiger partial charge in [-0.05, 0) is 25.1 Å². The lowest BCUT2D eigenvalue weighted by molar-refractivity contribution is -0.113. The summed E-state index contributed by atoms with van der Waals surface area (Å²) in [6.07, 6.45) is -0.327. The summed E-state index contributed by atoms with van der Waals surface area (Å²) in [5.74, 6) is -0.168. The number of amides is 2. The molecule has 168 valence electrons. The van der Waals surface area contributed by atoms with E-state index in [-0.39, 0.29) is 22.6 Å². The van der Waals surface area contributed by atoms with Crippen LogP contribution in [0.2, 0.25) is 0 Å². The number of thiazole rings is 1. The highest BCUT2D eigenvalue weighted by Gasteiger charge is 2.23. The predicted molar refractivity (Wildman–Crippen MR) is 125 cm³/mol. The number of sulfonamides is 1. The highest BCUT2D eigenvalue weighted by Crippen LogP contribution is 2.28. The van der Waals surface area contributed by atoms with Gasteiger partial charge in [-0.3, -0.25) is 4.79 Å². The summed E-state index contributed by atoms with van der Waals surface area (Å²) in [6, 6.07) is 4.35. The molecule has 0 aliphatic carbocycles. The van der Waals surface area contributed by atoms with Crippen molar-refractivity contribution in [2.45, 2.75) is 11.8 Å². The molecule has 0 atom stereocenters. The molecule has 2 aromatic rings. The van der Waals surface area contributed by atoms with Crippen LogP contribution in [-0.4, -0.2) is 78.1 Å². The zero-order valence-corrected chi connectivity index (χ0v) is 19.8. The molecule has 1 aromatic carbocycles. The molecule has 14 heteroatoms. The molecule has 0 spiro atoms. The molecule has 0 unspecified atom stereocenters. The highest BCUT2D eigenvalue weighted by molar-refractivity contribution is 8.23. The van der Waals surface area contributed by atoms with Crippen LogP contribution in [-0.2, 0) is 19.6 Å². The molecule has 3 rings (SSSR count). The first kappa shape index (κ1) is 23.7. The lowest BCUT2D eigenvalue weighted by Crippen LogP contribution is -2.49. The molecular formula is C17H21N5O5S4. The van der Waals surface area contributed by atoms with Crippen LogP contribution in [0.15, 0.2) is 23.1 Å². The van der Waals surface area contributed by atoms with Gasteiger partial charge in [0.05, 0.1) is 27.5 Å². The molecule has 0 radical (unpaired) electrons. The molecule has 2 heterocycles. The SMILES string of the molecule is CCOC(=O)N1CCN(C(=S)SCC(=O)Nc2nc3ccc(S(N)(=O)=O)cc3s2)CC1. The van der Waals surface area contributed by atoms with E-state index in [0.29, 0.717) is 52.5 Å². The van der Waals surface area contributed by atoms with Crippen LogP contribution in [0, 0.1) is 0 Å². The Hall–Kier alpha value is -2.00. The molecule has 0 bridgehead atoms. The number of thioether (sulfide) groups is 1. The normalized spacial score (nSPS) is 14.5. The minimum absolute atomic E-state index is 0.00881. The van der Waals surface area contributed by atoms with E-state index >= 15 is 0 Å². The number of rotatable bonds is 5. The van der Waals surface area contributed by atoms with Gasteiger partial charge in [-0.2, -0.15) is 0 Å². The number of carbonyl (C=O) groups excluding carboxylic acids is 2. The molecule has 2 amide bonds. The lowest BCUT2D eigenvalue weighted by Gasteiger charge is -2.35. The molecule has 1 aromatic heterocycles. The molecular weight excluding hydrogens is 482 g/mol. The number of primary sulfonamides is 1. The fourth-order valence-corrected chi connectivity index (χ4v) is 5.38. The molecule has 31 heavy (non-hydrogen) atoms. The number of thiocarbonyl (C=S) groups is 1. The average molecular weight is 504 g/mol.